The van der Waals surface area contributed by atoms with E-state index in [4.69, 9.17) is 4.74 Å². The van der Waals surface area contributed by atoms with E-state index in [-0.39, 0.29) is 17.5 Å². The fourth-order valence-corrected chi connectivity index (χ4v) is 8.94. The molecule has 32 heavy (non-hydrogen) atoms. The first kappa shape index (κ1) is 22.6. The number of ether oxygens (including phenoxy) is 1. The van der Waals surface area contributed by atoms with Crippen LogP contribution in [0, 0.1) is 34.5 Å². The Bertz CT molecular complexity index is 784. The number of likely N-dealkylation sites (tertiary alicyclic amines) is 1. The Morgan fingerprint density at radius 2 is 1.84 bits per heavy atom. The van der Waals surface area contributed by atoms with Crippen LogP contribution in [0.4, 0.5) is 0 Å². The Kier molecular flexibility index (Phi) is 6.05. The minimum Gasteiger partial charge on any atom is -0.462 e. The SMILES string of the molecule is CC(=O)C1=CC[C@H]2[C@@H]3CC[C@H]4C[C@@H](OC(=O)CCN5CCCC5)CC[C@]4(C)[C@@H]3CC[C@]12C. The van der Waals surface area contributed by atoms with Gasteiger partial charge in [-0.1, -0.05) is 19.9 Å². The third-order valence-corrected chi connectivity index (χ3v) is 10.7. The molecule has 0 N–H and O–H groups in total. The molecule has 0 aromatic rings. The molecular weight excluding hydrogens is 398 g/mol. The number of carbonyl (C=O) groups is 2. The summed E-state index contributed by atoms with van der Waals surface area (Å²) in [6.07, 6.45) is 14.9. The first-order valence-corrected chi connectivity index (χ1v) is 13.4. The van der Waals surface area contributed by atoms with Gasteiger partial charge in [-0.2, -0.15) is 0 Å². The molecule has 5 aliphatic rings. The van der Waals surface area contributed by atoms with Crippen LogP contribution in [0.2, 0.25) is 0 Å². The Morgan fingerprint density at radius 3 is 2.59 bits per heavy atom. The lowest BCUT2D eigenvalue weighted by molar-refractivity contribution is -0.161. The van der Waals surface area contributed by atoms with Crippen molar-refractivity contribution in [1.29, 1.82) is 0 Å². The quantitative estimate of drug-likeness (QED) is 0.525. The largest absolute Gasteiger partial charge is 0.462 e. The number of Topliss-reactive ketones (excluding diaryl/α,β-unsaturated/α-hetero) is 1. The van der Waals surface area contributed by atoms with Crippen molar-refractivity contribution >= 4 is 11.8 Å². The summed E-state index contributed by atoms with van der Waals surface area (Å²) < 4.78 is 6.00. The predicted octanol–water partition coefficient (Wildman–Crippen LogP) is 5.55. The number of ketones is 1. The lowest BCUT2D eigenvalue weighted by Gasteiger charge is -2.60. The average Bonchev–Trinajstić information content (AvgIpc) is 3.39. The summed E-state index contributed by atoms with van der Waals surface area (Å²) in [6, 6.07) is 0. The molecule has 0 radical (unpaired) electrons. The van der Waals surface area contributed by atoms with Gasteiger partial charge in [-0.05, 0) is 124 Å². The number of carbonyl (C=O) groups excluding carboxylic acids is 2. The van der Waals surface area contributed by atoms with Crippen LogP contribution in [0.1, 0.15) is 91.4 Å². The van der Waals surface area contributed by atoms with Crippen LogP contribution in [0.25, 0.3) is 0 Å². The number of hydrogen-bond acceptors (Lipinski definition) is 4. The van der Waals surface area contributed by atoms with Crippen LogP contribution in [0.3, 0.4) is 0 Å². The number of hydrogen-bond donors (Lipinski definition) is 0. The second-order valence-electron chi connectivity index (χ2n) is 12.2. The van der Waals surface area contributed by atoms with Gasteiger partial charge >= 0.3 is 5.97 Å². The third-order valence-electron chi connectivity index (χ3n) is 10.7. The van der Waals surface area contributed by atoms with E-state index in [1.165, 1.54) is 44.9 Å². The highest BCUT2D eigenvalue weighted by Crippen LogP contribution is 2.66. The summed E-state index contributed by atoms with van der Waals surface area (Å²) in [5.41, 5.74) is 1.61. The van der Waals surface area contributed by atoms with E-state index >= 15 is 0 Å². The van der Waals surface area contributed by atoms with E-state index in [1.54, 1.807) is 6.92 Å². The first-order chi connectivity index (χ1) is 15.3. The molecular formula is C28H43NO3. The van der Waals surface area contributed by atoms with Crippen LogP contribution >= 0.6 is 0 Å². The van der Waals surface area contributed by atoms with Crippen LogP contribution in [0.15, 0.2) is 11.6 Å². The van der Waals surface area contributed by atoms with Crippen molar-refractivity contribution in [1.82, 2.24) is 4.90 Å². The molecule has 4 aliphatic carbocycles. The Balaban J connectivity index is 1.20. The van der Waals surface area contributed by atoms with E-state index in [9.17, 15) is 9.59 Å². The number of esters is 1. The molecule has 0 unspecified atom stereocenters. The number of rotatable bonds is 5. The van der Waals surface area contributed by atoms with Crippen molar-refractivity contribution in [2.24, 2.45) is 34.5 Å². The minimum atomic E-state index is 0.0152. The zero-order valence-electron chi connectivity index (χ0n) is 20.5. The van der Waals surface area contributed by atoms with Gasteiger partial charge in [0.25, 0.3) is 0 Å². The van der Waals surface area contributed by atoms with Crippen molar-refractivity contribution in [3.8, 4) is 0 Å². The van der Waals surface area contributed by atoms with Gasteiger partial charge in [0.05, 0.1) is 6.42 Å². The average molecular weight is 442 g/mol. The second kappa shape index (κ2) is 8.56. The maximum atomic E-state index is 12.5. The molecule has 4 nitrogen and oxygen atoms in total. The van der Waals surface area contributed by atoms with Gasteiger partial charge in [0, 0.05) is 6.54 Å². The van der Waals surface area contributed by atoms with Crippen LogP contribution in [-0.2, 0) is 14.3 Å². The lowest BCUT2D eigenvalue weighted by Crippen LogP contribution is -2.54. The fourth-order valence-electron chi connectivity index (χ4n) is 8.94. The van der Waals surface area contributed by atoms with Gasteiger partial charge < -0.3 is 9.64 Å². The summed E-state index contributed by atoms with van der Waals surface area (Å²) in [6.45, 7) is 9.84. The van der Waals surface area contributed by atoms with Gasteiger partial charge in [0.15, 0.2) is 5.78 Å². The van der Waals surface area contributed by atoms with E-state index in [0.717, 1.165) is 56.3 Å². The highest BCUT2D eigenvalue weighted by molar-refractivity contribution is 5.95. The zero-order valence-corrected chi connectivity index (χ0v) is 20.5. The van der Waals surface area contributed by atoms with E-state index in [1.807, 2.05) is 0 Å². The summed E-state index contributed by atoms with van der Waals surface area (Å²) >= 11 is 0. The number of fused-ring (bicyclic) bond motifs is 5. The molecule has 1 saturated heterocycles. The Morgan fingerprint density at radius 1 is 1.06 bits per heavy atom. The van der Waals surface area contributed by atoms with Gasteiger partial charge in [-0.25, -0.2) is 0 Å². The monoisotopic (exact) mass is 441 g/mol. The van der Waals surface area contributed by atoms with Crippen molar-refractivity contribution in [2.75, 3.05) is 19.6 Å². The first-order valence-electron chi connectivity index (χ1n) is 13.4. The number of allylic oxidation sites excluding steroid dienone is 2. The zero-order chi connectivity index (χ0) is 22.5. The van der Waals surface area contributed by atoms with Crippen molar-refractivity contribution in [3.63, 3.8) is 0 Å². The van der Waals surface area contributed by atoms with Gasteiger partial charge in [0.2, 0.25) is 0 Å². The molecule has 3 saturated carbocycles. The molecule has 1 heterocycles. The van der Waals surface area contributed by atoms with Gasteiger partial charge in [-0.15, -0.1) is 0 Å². The maximum Gasteiger partial charge on any atom is 0.307 e. The summed E-state index contributed by atoms with van der Waals surface area (Å²) in [4.78, 5) is 27.2. The molecule has 178 valence electrons. The smallest absolute Gasteiger partial charge is 0.307 e. The summed E-state index contributed by atoms with van der Waals surface area (Å²) in [7, 11) is 0. The van der Waals surface area contributed by atoms with Crippen molar-refractivity contribution < 1.29 is 14.3 Å². The molecule has 0 spiro atoms. The topological polar surface area (TPSA) is 46.6 Å². The van der Waals surface area contributed by atoms with Crippen molar-refractivity contribution in [3.05, 3.63) is 11.6 Å². The molecule has 4 fully saturated rings. The molecule has 0 bridgehead atoms. The van der Waals surface area contributed by atoms with Gasteiger partial charge in [0.1, 0.15) is 6.10 Å². The van der Waals surface area contributed by atoms with E-state index < -0.39 is 0 Å². The molecule has 0 amide bonds. The van der Waals surface area contributed by atoms with Gasteiger partial charge in [-0.3, -0.25) is 9.59 Å². The molecule has 0 aromatic carbocycles. The summed E-state index contributed by atoms with van der Waals surface area (Å²) in [5, 5.41) is 0. The third kappa shape index (κ3) is 3.79. The highest BCUT2D eigenvalue weighted by Gasteiger charge is 2.59. The molecule has 0 aromatic heterocycles. The van der Waals surface area contributed by atoms with E-state index in [0.29, 0.717) is 29.5 Å². The Labute approximate surface area is 194 Å². The molecule has 7 atom stereocenters. The lowest BCUT2D eigenvalue weighted by atomic mass is 9.44. The standard InChI is InChI=1S/C28H43NO3/c1-19(30)23-8-9-24-22-7-6-20-18-21(32-26(31)12-17-29-15-4-5-16-29)10-13-27(20,2)25(22)11-14-28(23,24)3/h8,20-22,24-25H,4-7,9-18H2,1-3H3/t20-,21-,22-,24-,25+,27-,28+/m0/s1. The normalized spacial score (nSPS) is 43.7. The van der Waals surface area contributed by atoms with Crippen LogP contribution in [-0.4, -0.2) is 42.4 Å². The maximum absolute atomic E-state index is 12.5. The number of nitrogens with zero attached hydrogens (tertiary/aromatic N) is 1. The van der Waals surface area contributed by atoms with E-state index in [2.05, 4.69) is 24.8 Å². The highest BCUT2D eigenvalue weighted by atomic mass is 16.5. The summed E-state index contributed by atoms with van der Waals surface area (Å²) in [5.74, 6) is 3.16. The molecule has 4 heteroatoms. The Hall–Kier alpha value is -1.16. The van der Waals surface area contributed by atoms with Crippen LogP contribution in [0.5, 0.6) is 0 Å². The van der Waals surface area contributed by atoms with Crippen molar-refractivity contribution in [2.45, 2.75) is 97.5 Å². The predicted molar refractivity (Wildman–Crippen MR) is 126 cm³/mol. The van der Waals surface area contributed by atoms with Crippen LogP contribution < -0.4 is 0 Å². The second-order valence-corrected chi connectivity index (χ2v) is 12.2. The minimum absolute atomic E-state index is 0.0152. The molecule has 5 rings (SSSR count). The fraction of sp³-hybridized carbons (Fsp3) is 0.857. The molecule has 1 aliphatic heterocycles.